The van der Waals surface area contributed by atoms with Crippen LogP contribution in [0.1, 0.15) is 11.1 Å². The Balaban J connectivity index is 2.16. The number of aryl methyl sites for hydroxylation is 1. The highest BCUT2D eigenvalue weighted by atomic mass is 35.7. The maximum Gasteiger partial charge on any atom is 0.261 e. The molecule has 0 fully saturated rings. The van der Waals surface area contributed by atoms with Gasteiger partial charge in [0.25, 0.3) is 9.05 Å². The highest BCUT2D eigenvalue weighted by molar-refractivity contribution is 8.13. The highest BCUT2D eigenvalue weighted by Crippen LogP contribution is 2.25. The zero-order valence-corrected chi connectivity index (χ0v) is 12.8. The first-order chi connectivity index (χ1) is 9.38. The van der Waals surface area contributed by atoms with Gasteiger partial charge in [0, 0.05) is 28.6 Å². The molecule has 7 heteroatoms. The molecule has 0 aliphatic rings. The van der Waals surface area contributed by atoms with Crippen molar-refractivity contribution in [3.8, 4) is 5.75 Å². The van der Waals surface area contributed by atoms with Crippen molar-refractivity contribution in [2.75, 3.05) is 0 Å². The van der Waals surface area contributed by atoms with Crippen molar-refractivity contribution in [1.82, 2.24) is 4.98 Å². The molecule has 0 aliphatic carbocycles. The molecule has 0 saturated carbocycles. The van der Waals surface area contributed by atoms with E-state index in [1.807, 2.05) is 0 Å². The van der Waals surface area contributed by atoms with Gasteiger partial charge in [0.05, 0.1) is 9.92 Å². The van der Waals surface area contributed by atoms with Crippen molar-refractivity contribution in [2.45, 2.75) is 18.4 Å². The van der Waals surface area contributed by atoms with E-state index in [-0.39, 0.29) is 11.5 Å². The summed E-state index contributed by atoms with van der Waals surface area (Å²) in [5.74, 6) is 0.541. The van der Waals surface area contributed by atoms with Crippen LogP contribution in [0, 0.1) is 6.92 Å². The van der Waals surface area contributed by atoms with Crippen LogP contribution in [-0.4, -0.2) is 13.4 Å². The molecule has 4 nitrogen and oxygen atoms in total. The predicted octanol–water partition coefficient (Wildman–Crippen LogP) is 3.55. The highest BCUT2D eigenvalue weighted by Gasteiger charge is 2.13. The van der Waals surface area contributed by atoms with Gasteiger partial charge in [-0.25, -0.2) is 8.42 Å². The van der Waals surface area contributed by atoms with Gasteiger partial charge in [-0.05, 0) is 36.8 Å². The largest absolute Gasteiger partial charge is 0.489 e. The Bertz CT molecular complexity index is 732. The lowest BCUT2D eigenvalue weighted by Gasteiger charge is -2.09. The first kappa shape index (κ1) is 15.1. The molecule has 2 aromatic rings. The van der Waals surface area contributed by atoms with Gasteiger partial charge in [-0.3, -0.25) is 4.98 Å². The van der Waals surface area contributed by atoms with Gasteiger partial charge in [-0.15, -0.1) is 0 Å². The van der Waals surface area contributed by atoms with Crippen molar-refractivity contribution in [3.05, 3.63) is 52.8 Å². The van der Waals surface area contributed by atoms with Crippen LogP contribution in [0.3, 0.4) is 0 Å². The number of ether oxygens (including phenoxy) is 1. The first-order valence-electron chi connectivity index (χ1n) is 5.64. The molecule has 2 rings (SSSR count). The summed E-state index contributed by atoms with van der Waals surface area (Å²) in [4.78, 5) is 3.96. The van der Waals surface area contributed by atoms with Crippen LogP contribution in [0.2, 0.25) is 5.02 Å². The van der Waals surface area contributed by atoms with Gasteiger partial charge < -0.3 is 4.74 Å². The summed E-state index contributed by atoms with van der Waals surface area (Å²) >= 11 is 5.97. The van der Waals surface area contributed by atoms with E-state index in [2.05, 4.69) is 4.98 Å². The minimum atomic E-state index is -3.74. The topological polar surface area (TPSA) is 56.3 Å². The minimum absolute atomic E-state index is 0.0773. The van der Waals surface area contributed by atoms with Crippen LogP contribution >= 0.6 is 22.3 Å². The van der Waals surface area contributed by atoms with E-state index < -0.39 is 9.05 Å². The van der Waals surface area contributed by atoms with E-state index in [1.54, 1.807) is 31.3 Å². The van der Waals surface area contributed by atoms with Gasteiger partial charge in [0.1, 0.15) is 12.4 Å². The zero-order valence-electron chi connectivity index (χ0n) is 10.5. The fourth-order valence-electron chi connectivity index (χ4n) is 1.67. The number of halogens is 2. The Morgan fingerprint density at radius 1 is 1.30 bits per heavy atom. The molecule has 0 bridgehead atoms. The molecule has 0 saturated heterocycles. The van der Waals surface area contributed by atoms with Crippen molar-refractivity contribution < 1.29 is 13.2 Å². The average Bonchev–Trinajstić information content (AvgIpc) is 2.36. The Labute approximate surface area is 126 Å². The van der Waals surface area contributed by atoms with Gasteiger partial charge in [0.15, 0.2) is 0 Å². The summed E-state index contributed by atoms with van der Waals surface area (Å²) in [6, 6.07) is 6.34. The smallest absolute Gasteiger partial charge is 0.261 e. The lowest BCUT2D eigenvalue weighted by molar-refractivity contribution is 0.305. The molecule has 0 amide bonds. The lowest BCUT2D eigenvalue weighted by atomic mass is 10.2. The van der Waals surface area contributed by atoms with Crippen LogP contribution in [0.5, 0.6) is 5.75 Å². The molecule has 0 spiro atoms. The fourth-order valence-corrected chi connectivity index (χ4v) is 3.03. The van der Waals surface area contributed by atoms with Crippen molar-refractivity contribution in [2.24, 2.45) is 0 Å². The number of nitrogens with zero attached hydrogens (tertiary/aromatic N) is 1. The summed E-state index contributed by atoms with van der Waals surface area (Å²) in [6.45, 7) is 1.93. The van der Waals surface area contributed by atoms with Crippen LogP contribution in [0.4, 0.5) is 0 Å². The summed E-state index contributed by atoms with van der Waals surface area (Å²) in [5, 5.41) is 0.518. The van der Waals surface area contributed by atoms with Gasteiger partial charge in [-0.2, -0.15) is 0 Å². The Hall–Kier alpha value is -1.30. The number of aromatic nitrogens is 1. The zero-order chi connectivity index (χ0) is 14.8. The predicted molar refractivity (Wildman–Crippen MR) is 77.8 cm³/mol. The van der Waals surface area contributed by atoms with E-state index in [0.717, 1.165) is 5.56 Å². The van der Waals surface area contributed by atoms with Gasteiger partial charge in [-0.1, -0.05) is 11.6 Å². The number of hydrogen-bond donors (Lipinski definition) is 0. The Morgan fingerprint density at radius 3 is 2.65 bits per heavy atom. The average molecular weight is 332 g/mol. The molecule has 0 atom stereocenters. The summed E-state index contributed by atoms with van der Waals surface area (Å²) in [6.07, 6.45) is 3.16. The van der Waals surface area contributed by atoms with E-state index in [9.17, 15) is 8.42 Å². The van der Waals surface area contributed by atoms with E-state index in [1.165, 1.54) is 12.3 Å². The monoisotopic (exact) mass is 331 g/mol. The number of hydrogen-bond acceptors (Lipinski definition) is 4. The molecule has 1 aromatic heterocycles. The van der Waals surface area contributed by atoms with Crippen molar-refractivity contribution in [1.29, 1.82) is 0 Å². The number of benzene rings is 1. The Kier molecular flexibility index (Phi) is 4.52. The number of pyridine rings is 1. The third kappa shape index (κ3) is 3.62. The second-order valence-electron chi connectivity index (χ2n) is 4.12. The lowest BCUT2D eigenvalue weighted by Crippen LogP contribution is -1.99. The quantitative estimate of drug-likeness (QED) is 0.804. The molecular weight excluding hydrogens is 321 g/mol. The van der Waals surface area contributed by atoms with Crippen LogP contribution < -0.4 is 4.74 Å². The van der Waals surface area contributed by atoms with Crippen LogP contribution in [0.25, 0.3) is 0 Å². The summed E-state index contributed by atoms with van der Waals surface area (Å²) in [7, 11) is 1.58. The molecule has 106 valence electrons. The standard InChI is InChI=1S/C13H11Cl2NO3S/c1-9-6-11(2-3-13(9)20(15,17)18)19-8-10-4-5-16-7-12(10)14/h2-7H,8H2,1H3. The second kappa shape index (κ2) is 5.99. The molecule has 20 heavy (non-hydrogen) atoms. The van der Waals surface area contributed by atoms with E-state index in [4.69, 9.17) is 27.0 Å². The maximum atomic E-state index is 11.3. The van der Waals surface area contributed by atoms with Crippen LogP contribution in [0.15, 0.2) is 41.6 Å². The first-order valence-corrected chi connectivity index (χ1v) is 8.33. The van der Waals surface area contributed by atoms with Gasteiger partial charge >= 0.3 is 0 Å². The van der Waals surface area contributed by atoms with Crippen molar-refractivity contribution >= 4 is 31.3 Å². The maximum absolute atomic E-state index is 11.3. The molecule has 1 heterocycles. The molecule has 0 radical (unpaired) electrons. The second-order valence-corrected chi connectivity index (χ2v) is 7.06. The minimum Gasteiger partial charge on any atom is -0.489 e. The van der Waals surface area contributed by atoms with E-state index >= 15 is 0 Å². The Morgan fingerprint density at radius 2 is 2.05 bits per heavy atom. The summed E-state index contributed by atoms with van der Waals surface area (Å²) in [5.41, 5.74) is 1.33. The van der Waals surface area contributed by atoms with Crippen molar-refractivity contribution in [3.63, 3.8) is 0 Å². The SMILES string of the molecule is Cc1cc(OCc2ccncc2Cl)ccc1S(=O)(=O)Cl. The molecule has 0 aliphatic heterocycles. The molecule has 0 N–H and O–H groups in total. The number of rotatable bonds is 4. The molecule has 1 aromatic carbocycles. The molecule has 0 unspecified atom stereocenters. The van der Waals surface area contributed by atoms with E-state index in [0.29, 0.717) is 16.3 Å². The normalized spacial score (nSPS) is 11.3. The fraction of sp³-hybridized carbons (Fsp3) is 0.154. The summed E-state index contributed by atoms with van der Waals surface area (Å²) < 4.78 is 28.1. The molecular formula is C13H11Cl2NO3S. The van der Waals surface area contributed by atoms with Crippen LogP contribution in [-0.2, 0) is 15.7 Å². The third-order valence-corrected chi connectivity index (χ3v) is 4.48. The third-order valence-electron chi connectivity index (χ3n) is 2.66. The van der Waals surface area contributed by atoms with Gasteiger partial charge in [0.2, 0.25) is 0 Å².